The van der Waals surface area contributed by atoms with Crippen molar-refractivity contribution >= 4 is 18.9 Å². The van der Waals surface area contributed by atoms with Crippen LogP contribution in [0.15, 0.2) is 24.3 Å². The summed E-state index contributed by atoms with van der Waals surface area (Å²) < 4.78 is 35.1. The molecule has 0 saturated carbocycles. The summed E-state index contributed by atoms with van der Waals surface area (Å²) in [5, 5.41) is 10.1. The quantitative estimate of drug-likeness (QED) is 0.444. The molecule has 9 heteroatoms. The van der Waals surface area contributed by atoms with Crippen LogP contribution in [0, 0.1) is 0 Å². The molecule has 1 atom stereocenters. The molecule has 106 valence electrons. The lowest BCUT2D eigenvalue weighted by Gasteiger charge is -2.14. The summed E-state index contributed by atoms with van der Waals surface area (Å²) >= 11 is 0. The molecule has 0 aliphatic carbocycles. The van der Waals surface area contributed by atoms with Crippen LogP contribution in [-0.2, 0) is 15.8 Å². The van der Waals surface area contributed by atoms with Crippen molar-refractivity contribution in [1.82, 2.24) is 5.32 Å². The Hall–Kier alpha value is -1.34. The van der Waals surface area contributed by atoms with E-state index in [9.17, 15) is 18.1 Å². The summed E-state index contributed by atoms with van der Waals surface area (Å²) in [5.41, 5.74) is 0.373. The highest BCUT2D eigenvalue weighted by molar-refractivity contribution is 7.60. The summed E-state index contributed by atoms with van der Waals surface area (Å²) in [6.07, 6.45) is -0.221. The molecule has 0 heterocycles. The largest absolute Gasteiger partial charge is 0.480 e. The maximum atomic E-state index is 12.1. The van der Waals surface area contributed by atoms with E-state index in [1.54, 1.807) is 5.32 Å². The fraction of sp³-hybridized carbons (Fsp3) is 0.300. The van der Waals surface area contributed by atoms with Crippen LogP contribution in [0.3, 0.4) is 0 Å². The van der Waals surface area contributed by atoms with Crippen LogP contribution in [0.25, 0.3) is 0 Å². The van der Waals surface area contributed by atoms with Gasteiger partial charge in [-0.1, -0.05) is 12.1 Å². The second-order valence-corrected chi connectivity index (χ2v) is 5.38. The van der Waals surface area contributed by atoms with E-state index in [2.05, 4.69) is 0 Å². The Labute approximate surface area is 107 Å². The Morgan fingerprint density at radius 2 is 1.79 bits per heavy atom. The predicted molar refractivity (Wildman–Crippen MR) is 62.4 cm³/mol. The summed E-state index contributed by atoms with van der Waals surface area (Å²) in [5.74, 6) is -1.43. The van der Waals surface area contributed by atoms with Crippen molar-refractivity contribution in [2.75, 3.05) is 0 Å². The van der Waals surface area contributed by atoms with Crippen LogP contribution in [0.5, 0.6) is 0 Å². The zero-order valence-electron chi connectivity index (χ0n) is 9.53. The minimum atomic E-state index is -4.37. The van der Waals surface area contributed by atoms with Crippen molar-refractivity contribution in [3.05, 3.63) is 29.8 Å². The van der Waals surface area contributed by atoms with Gasteiger partial charge in [-0.2, -0.15) is 8.78 Å². The lowest BCUT2D eigenvalue weighted by atomic mass is 10.1. The molecule has 0 saturated heterocycles. The molecular weight excluding hydrogens is 283 g/mol. The highest BCUT2D eigenvalue weighted by Crippen LogP contribution is 2.32. The molecule has 0 amide bonds. The van der Waals surface area contributed by atoms with Gasteiger partial charge in [0.05, 0.1) is 5.30 Å². The van der Waals surface area contributed by atoms with Gasteiger partial charge in [-0.25, -0.2) is 5.32 Å². The summed E-state index contributed by atoms with van der Waals surface area (Å²) in [4.78, 5) is 28.5. The van der Waals surface area contributed by atoms with Crippen molar-refractivity contribution in [2.45, 2.75) is 19.0 Å². The molecule has 0 aliphatic heterocycles. The molecule has 0 radical (unpaired) electrons. The van der Waals surface area contributed by atoms with Gasteiger partial charge in [-0.05, 0) is 24.1 Å². The van der Waals surface area contributed by atoms with E-state index < -0.39 is 26.2 Å². The number of aliphatic carboxylic acids is 1. The number of benzene rings is 1. The van der Waals surface area contributed by atoms with Gasteiger partial charge in [0.2, 0.25) is 0 Å². The molecule has 1 aromatic carbocycles. The van der Waals surface area contributed by atoms with Crippen LogP contribution in [0.1, 0.15) is 5.56 Å². The average molecular weight is 295 g/mol. The van der Waals surface area contributed by atoms with Crippen LogP contribution >= 0.6 is 7.60 Å². The summed E-state index contributed by atoms with van der Waals surface area (Å²) in [6, 6.07) is 3.38. The summed E-state index contributed by atoms with van der Waals surface area (Å²) in [7, 11) is -4.37. The van der Waals surface area contributed by atoms with Gasteiger partial charge in [0.1, 0.15) is 6.04 Å². The van der Waals surface area contributed by atoms with Crippen LogP contribution in [0.4, 0.5) is 8.78 Å². The molecule has 0 fully saturated rings. The number of hydrogen-bond donors (Lipinski definition) is 4. The molecule has 0 bridgehead atoms. The van der Waals surface area contributed by atoms with Crippen LogP contribution < -0.4 is 10.6 Å². The van der Waals surface area contributed by atoms with Gasteiger partial charge in [-0.15, -0.1) is 0 Å². The lowest BCUT2D eigenvalue weighted by Crippen LogP contribution is -2.41. The summed E-state index contributed by atoms with van der Waals surface area (Å²) in [6.45, 7) is -2.96. The number of hydrogen-bond acceptors (Lipinski definition) is 3. The van der Waals surface area contributed by atoms with Gasteiger partial charge in [0, 0.05) is 0 Å². The third-order valence-electron chi connectivity index (χ3n) is 2.34. The van der Waals surface area contributed by atoms with Gasteiger partial charge >= 0.3 is 13.6 Å². The molecule has 0 aliphatic rings. The molecule has 4 N–H and O–H groups in total. The smallest absolute Gasteiger partial charge is 0.356 e. The number of carboxylic acids is 1. The normalized spacial score (nSPS) is 13.5. The van der Waals surface area contributed by atoms with Crippen LogP contribution in [0.2, 0.25) is 0 Å². The first kappa shape index (κ1) is 15.7. The molecule has 0 aromatic heterocycles. The standard InChI is InChI=1S/C10H12F2NO5P/c11-10(12)13-8(9(14)15)5-6-1-3-7(4-2-6)19(16,17)18/h1-4,8,10,13H,5H2,(H,14,15)(H2,16,17,18). The molecule has 1 rings (SSSR count). The number of alkyl halides is 2. The third kappa shape index (κ3) is 5.04. The van der Waals surface area contributed by atoms with Crippen molar-refractivity contribution in [3.63, 3.8) is 0 Å². The maximum absolute atomic E-state index is 12.1. The number of halogens is 2. The predicted octanol–water partition coefficient (Wildman–Crippen LogP) is 0.298. The minimum absolute atomic E-state index is 0.218. The van der Waals surface area contributed by atoms with Crippen LogP contribution in [-0.4, -0.2) is 33.5 Å². The SMILES string of the molecule is O=C(O)C(Cc1ccc(P(=O)(O)O)cc1)NC(F)F. The van der Waals surface area contributed by atoms with Gasteiger partial charge < -0.3 is 14.9 Å². The average Bonchev–Trinajstić information content (AvgIpc) is 2.27. The van der Waals surface area contributed by atoms with E-state index >= 15 is 0 Å². The number of nitrogens with one attached hydrogen (secondary N) is 1. The second-order valence-electron chi connectivity index (χ2n) is 3.77. The van der Waals surface area contributed by atoms with E-state index in [-0.39, 0.29) is 11.7 Å². The van der Waals surface area contributed by atoms with E-state index in [0.29, 0.717) is 5.56 Å². The molecule has 1 unspecified atom stereocenters. The Kier molecular flexibility index (Phi) is 5.13. The maximum Gasteiger partial charge on any atom is 0.356 e. The first-order chi connectivity index (χ1) is 8.70. The number of carbonyl (C=O) groups is 1. The minimum Gasteiger partial charge on any atom is -0.480 e. The van der Waals surface area contributed by atoms with Crippen molar-refractivity contribution in [2.24, 2.45) is 0 Å². The van der Waals surface area contributed by atoms with Gasteiger partial charge in [-0.3, -0.25) is 9.36 Å². The topological polar surface area (TPSA) is 107 Å². The number of rotatable bonds is 6. The van der Waals surface area contributed by atoms with Gasteiger partial charge in [0.15, 0.2) is 0 Å². The second kappa shape index (κ2) is 6.21. The molecule has 0 spiro atoms. The van der Waals surface area contributed by atoms with E-state index in [4.69, 9.17) is 14.9 Å². The van der Waals surface area contributed by atoms with E-state index in [0.717, 1.165) is 12.1 Å². The van der Waals surface area contributed by atoms with Crippen molar-refractivity contribution in [1.29, 1.82) is 0 Å². The number of carboxylic acid groups (broad SMARTS) is 1. The Balaban J connectivity index is 2.81. The molecular formula is C10H12F2NO5P. The monoisotopic (exact) mass is 295 g/mol. The lowest BCUT2D eigenvalue weighted by molar-refractivity contribution is -0.140. The Morgan fingerprint density at radius 1 is 1.26 bits per heavy atom. The zero-order chi connectivity index (χ0) is 14.6. The molecule has 6 nitrogen and oxygen atoms in total. The molecule has 1 aromatic rings. The highest BCUT2D eigenvalue weighted by Gasteiger charge is 2.22. The highest BCUT2D eigenvalue weighted by atomic mass is 31.2. The third-order valence-corrected chi connectivity index (χ3v) is 3.31. The van der Waals surface area contributed by atoms with E-state index in [1.165, 1.54) is 12.1 Å². The van der Waals surface area contributed by atoms with Gasteiger partial charge in [0.25, 0.3) is 6.55 Å². The first-order valence-corrected chi connectivity index (χ1v) is 6.73. The zero-order valence-corrected chi connectivity index (χ0v) is 10.4. The van der Waals surface area contributed by atoms with Crippen molar-refractivity contribution < 1.29 is 33.0 Å². The van der Waals surface area contributed by atoms with Crippen molar-refractivity contribution in [3.8, 4) is 0 Å². The van der Waals surface area contributed by atoms with E-state index in [1.807, 2.05) is 0 Å². The fourth-order valence-corrected chi connectivity index (χ4v) is 1.97. The molecule has 19 heavy (non-hydrogen) atoms. The fourth-order valence-electron chi connectivity index (χ4n) is 1.43. The Morgan fingerprint density at radius 3 is 2.16 bits per heavy atom. The Bertz CT molecular complexity index is 487. The first-order valence-electron chi connectivity index (χ1n) is 5.12.